The van der Waals surface area contributed by atoms with Gasteiger partial charge in [-0.05, 0) is 74.6 Å². The second-order valence-corrected chi connectivity index (χ2v) is 10.9. The van der Waals surface area contributed by atoms with Gasteiger partial charge in [0.1, 0.15) is 5.82 Å². The molecule has 0 spiro atoms. The van der Waals surface area contributed by atoms with Crippen LogP contribution in [-0.2, 0) is 4.79 Å². The standard InChI is InChI=1S/C30H36N6O4/c31-28(37)21-11-13-36(14-12-21)27-10-9-22(18-32-27)26-15-24(23-3-1-2-4-25(23)35-26)29(38)33-16-19-5-7-20(8-6-19)17-34-30(39)40/h1-4,9-10,15,18-21,34H,5-8,11-14,16-17H2,(H2,31,37)(H,33,38)(H,39,40). The van der Waals surface area contributed by atoms with Crippen molar-refractivity contribution in [2.45, 2.75) is 38.5 Å². The minimum Gasteiger partial charge on any atom is -0.465 e. The van der Waals surface area contributed by atoms with Crippen LogP contribution in [0.2, 0.25) is 0 Å². The highest BCUT2D eigenvalue weighted by molar-refractivity contribution is 6.07. The molecule has 1 saturated heterocycles. The van der Waals surface area contributed by atoms with E-state index < -0.39 is 6.09 Å². The molecule has 0 radical (unpaired) electrons. The summed E-state index contributed by atoms with van der Waals surface area (Å²) in [7, 11) is 0. The number of hydrogen-bond donors (Lipinski definition) is 4. The zero-order valence-electron chi connectivity index (χ0n) is 22.5. The first-order chi connectivity index (χ1) is 19.4. The second-order valence-electron chi connectivity index (χ2n) is 10.9. The van der Waals surface area contributed by atoms with Crippen molar-refractivity contribution in [2.24, 2.45) is 23.5 Å². The normalized spacial score (nSPS) is 19.8. The Morgan fingerprint density at radius 3 is 2.23 bits per heavy atom. The number of primary amides is 1. The molecule has 3 aromatic rings. The zero-order chi connectivity index (χ0) is 28.1. The summed E-state index contributed by atoms with van der Waals surface area (Å²) >= 11 is 0. The molecule has 1 aliphatic carbocycles. The van der Waals surface area contributed by atoms with Crippen LogP contribution < -0.4 is 21.3 Å². The van der Waals surface area contributed by atoms with Gasteiger partial charge < -0.3 is 26.4 Å². The number of nitrogens with zero attached hydrogens (tertiary/aromatic N) is 3. The molecule has 0 atom stereocenters. The molecule has 5 N–H and O–H groups in total. The maximum Gasteiger partial charge on any atom is 0.404 e. The molecule has 0 bridgehead atoms. The lowest BCUT2D eigenvalue weighted by molar-refractivity contribution is -0.122. The molecular formula is C30H36N6O4. The minimum absolute atomic E-state index is 0.0713. The number of rotatable bonds is 8. The molecule has 2 aliphatic rings. The summed E-state index contributed by atoms with van der Waals surface area (Å²) in [4.78, 5) is 47.3. The molecule has 210 valence electrons. The Kier molecular flexibility index (Phi) is 8.42. The van der Waals surface area contributed by atoms with Crippen molar-refractivity contribution in [3.63, 3.8) is 0 Å². The second kappa shape index (κ2) is 12.3. The number of benzene rings is 1. The van der Waals surface area contributed by atoms with Gasteiger partial charge in [-0.3, -0.25) is 9.59 Å². The van der Waals surface area contributed by atoms with Crippen LogP contribution in [0.5, 0.6) is 0 Å². The maximum atomic E-state index is 13.4. The quantitative estimate of drug-likeness (QED) is 0.337. The molecule has 1 aliphatic heterocycles. The lowest BCUT2D eigenvalue weighted by atomic mass is 9.82. The molecule has 3 amide bonds. The Morgan fingerprint density at radius 1 is 0.925 bits per heavy atom. The van der Waals surface area contributed by atoms with E-state index in [9.17, 15) is 14.4 Å². The van der Waals surface area contributed by atoms with E-state index in [1.807, 2.05) is 42.5 Å². The number of anilines is 1. The van der Waals surface area contributed by atoms with Gasteiger partial charge in [0.25, 0.3) is 5.91 Å². The van der Waals surface area contributed by atoms with Crippen molar-refractivity contribution >= 4 is 34.6 Å². The molecular weight excluding hydrogens is 508 g/mol. The van der Waals surface area contributed by atoms with E-state index in [0.717, 1.165) is 73.9 Å². The van der Waals surface area contributed by atoms with Crippen LogP contribution in [0.25, 0.3) is 22.2 Å². The summed E-state index contributed by atoms with van der Waals surface area (Å²) < 4.78 is 0. The summed E-state index contributed by atoms with van der Waals surface area (Å²) in [6, 6.07) is 13.4. The average Bonchev–Trinajstić information content (AvgIpc) is 2.99. The van der Waals surface area contributed by atoms with Crippen molar-refractivity contribution in [3.05, 3.63) is 54.2 Å². The Hall–Kier alpha value is -4.21. The number of piperidine rings is 1. The van der Waals surface area contributed by atoms with Crippen LogP contribution >= 0.6 is 0 Å². The predicted molar refractivity (Wildman–Crippen MR) is 153 cm³/mol. The smallest absolute Gasteiger partial charge is 0.404 e. The zero-order valence-corrected chi connectivity index (χ0v) is 22.5. The van der Waals surface area contributed by atoms with Crippen LogP contribution in [0.1, 0.15) is 48.9 Å². The summed E-state index contributed by atoms with van der Waals surface area (Å²) in [5.74, 6) is 1.15. The van der Waals surface area contributed by atoms with Crippen LogP contribution in [-0.4, -0.2) is 59.2 Å². The average molecular weight is 545 g/mol. The number of hydrogen-bond acceptors (Lipinski definition) is 6. The Bertz CT molecular complexity index is 1360. The van der Waals surface area contributed by atoms with Gasteiger partial charge in [0.2, 0.25) is 5.91 Å². The van der Waals surface area contributed by atoms with Crippen LogP contribution in [0.4, 0.5) is 10.6 Å². The van der Waals surface area contributed by atoms with Crippen molar-refractivity contribution in [1.29, 1.82) is 0 Å². The largest absolute Gasteiger partial charge is 0.465 e. The van der Waals surface area contributed by atoms with Gasteiger partial charge in [0.05, 0.1) is 16.8 Å². The number of para-hydroxylation sites is 1. The van der Waals surface area contributed by atoms with Gasteiger partial charge in [-0.15, -0.1) is 0 Å². The minimum atomic E-state index is -0.980. The maximum absolute atomic E-state index is 13.4. The third kappa shape index (κ3) is 6.50. The van der Waals surface area contributed by atoms with Crippen molar-refractivity contribution in [1.82, 2.24) is 20.6 Å². The number of nitrogens with one attached hydrogen (secondary N) is 2. The van der Waals surface area contributed by atoms with E-state index in [0.29, 0.717) is 36.2 Å². The summed E-state index contributed by atoms with van der Waals surface area (Å²) in [6.07, 6.45) is 6.10. The highest BCUT2D eigenvalue weighted by Gasteiger charge is 2.25. The molecule has 2 fully saturated rings. The van der Waals surface area contributed by atoms with Crippen molar-refractivity contribution in [3.8, 4) is 11.3 Å². The molecule has 3 heterocycles. The first-order valence-corrected chi connectivity index (χ1v) is 14.0. The Morgan fingerprint density at radius 2 is 1.60 bits per heavy atom. The van der Waals surface area contributed by atoms with E-state index in [4.69, 9.17) is 15.8 Å². The van der Waals surface area contributed by atoms with Crippen LogP contribution in [0.3, 0.4) is 0 Å². The van der Waals surface area contributed by atoms with Gasteiger partial charge in [-0.25, -0.2) is 14.8 Å². The summed E-state index contributed by atoms with van der Waals surface area (Å²) in [5, 5.41) is 15.2. The molecule has 40 heavy (non-hydrogen) atoms. The van der Waals surface area contributed by atoms with Crippen molar-refractivity contribution in [2.75, 3.05) is 31.1 Å². The molecule has 0 unspecified atom stereocenters. The van der Waals surface area contributed by atoms with Crippen LogP contribution in [0, 0.1) is 17.8 Å². The van der Waals surface area contributed by atoms with E-state index >= 15 is 0 Å². The van der Waals surface area contributed by atoms with E-state index in [2.05, 4.69) is 20.5 Å². The molecule has 1 aromatic carbocycles. The van der Waals surface area contributed by atoms with Gasteiger partial charge in [0, 0.05) is 49.2 Å². The number of amides is 3. The van der Waals surface area contributed by atoms with E-state index in [-0.39, 0.29) is 17.7 Å². The van der Waals surface area contributed by atoms with Gasteiger partial charge >= 0.3 is 6.09 Å². The molecule has 1 saturated carbocycles. The summed E-state index contributed by atoms with van der Waals surface area (Å²) in [6.45, 7) is 2.55. The topological polar surface area (TPSA) is 151 Å². The molecule has 10 nitrogen and oxygen atoms in total. The summed E-state index contributed by atoms with van der Waals surface area (Å²) in [5.41, 5.74) is 8.29. The lowest BCUT2D eigenvalue weighted by Gasteiger charge is -2.31. The van der Waals surface area contributed by atoms with Crippen molar-refractivity contribution < 1.29 is 19.5 Å². The first-order valence-electron chi connectivity index (χ1n) is 14.0. The number of carbonyl (C=O) groups is 3. The fourth-order valence-corrected chi connectivity index (χ4v) is 5.83. The van der Waals surface area contributed by atoms with E-state index in [1.54, 1.807) is 6.20 Å². The van der Waals surface area contributed by atoms with Gasteiger partial charge in [-0.2, -0.15) is 0 Å². The Labute approximate surface area is 233 Å². The lowest BCUT2D eigenvalue weighted by Crippen LogP contribution is -2.38. The highest BCUT2D eigenvalue weighted by Crippen LogP contribution is 2.29. The highest BCUT2D eigenvalue weighted by atomic mass is 16.4. The number of aromatic nitrogens is 2. The number of nitrogens with two attached hydrogens (primary N) is 1. The number of carbonyl (C=O) groups excluding carboxylic acids is 2. The number of carboxylic acid groups (broad SMARTS) is 1. The SMILES string of the molecule is NC(=O)C1CCN(c2ccc(-c3cc(C(=O)NCC4CCC(CNC(=O)O)CC4)c4ccccc4n3)cn2)CC1. The first kappa shape index (κ1) is 27.4. The van der Waals surface area contributed by atoms with Crippen LogP contribution in [0.15, 0.2) is 48.7 Å². The third-order valence-corrected chi connectivity index (χ3v) is 8.29. The number of fused-ring (bicyclic) bond motifs is 1. The monoisotopic (exact) mass is 544 g/mol. The number of pyridine rings is 2. The fraction of sp³-hybridized carbons (Fsp3) is 0.433. The van der Waals surface area contributed by atoms with Gasteiger partial charge in [0.15, 0.2) is 0 Å². The third-order valence-electron chi connectivity index (χ3n) is 8.29. The molecule has 5 rings (SSSR count). The fourth-order valence-electron chi connectivity index (χ4n) is 5.83. The van der Waals surface area contributed by atoms with Gasteiger partial charge in [-0.1, -0.05) is 18.2 Å². The predicted octanol–water partition coefficient (Wildman–Crippen LogP) is 3.80. The Balaban J connectivity index is 1.26. The molecule has 2 aromatic heterocycles. The molecule has 10 heteroatoms. The van der Waals surface area contributed by atoms with E-state index in [1.165, 1.54) is 0 Å².